The molecule has 2 heterocycles. The van der Waals surface area contributed by atoms with Crippen LogP contribution in [-0.4, -0.2) is 14.8 Å². The van der Waals surface area contributed by atoms with E-state index in [4.69, 9.17) is 4.42 Å². The third-order valence-corrected chi connectivity index (χ3v) is 4.75. The standard InChI is InChI=1S/C14H19N3O2S/c1-9(2)13-16-15-12(19-13)8-17-10-6-4-3-5-7-11(10)20-14(17)18/h9H,3-8H2,1-2H3. The first-order valence-corrected chi connectivity index (χ1v) is 8.00. The predicted octanol–water partition coefficient (Wildman–Crippen LogP) is 2.73. The van der Waals surface area contributed by atoms with Crippen LogP contribution >= 0.6 is 11.3 Å². The van der Waals surface area contributed by atoms with E-state index in [1.54, 1.807) is 0 Å². The molecule has 0 fully saturated rings. The summed E-state index contributed by atoms with van der Waals surface area (Å²) >= 11 is 1.38. The van der Waals surface area contributed by atoms with E-state index < -0.39 is 0 Å². The molecule has 0 amide bonds. The lowest BCUT2D eigenvalue weighted by Gasteiger charge is -2.04. The summed E-state index contributed by atoms with van der Waals surface area (Å²) in [5.41, 5.74) is 1.18. The van der Waals surface area contributed by atoms with Gasteiger partial charge in [0.15, 0.2) is 0 Å². The van der Waals surface area contributed by atoms with Crippen LogP contribution in [0.1, 0.15) is 61.4 Å². The highest BCUT2D eigenvalue weighted by Crippen LogP contribution is 2.23. The fourth-order valence-corrected chi connectivity index (χ4v) is 3.64. The van der Waals surface area contributed by atoms with Crippen LogP contribution in [-0.2, 0) is 19.4 Å². The first-order chi connectivity index (χ1) is 9.65. The molecular weight excluding hydrogens is 274 g/mol. The van der Waals surface area contributed by atoms with Gasteiger partial charge in [-0.25, -0.2) is 0 Å². The Morgan fingerprint density at radius 1 is 1.25 bits per heavy atom. The quantitative estimate of drug-likeness (QED) is 0.816. The lowest BCUT2D eigenvalue weighted by molar-refractivity contribution is 0.419. The van der Waals surface area contributed by atoms with Gasteiger partial charge in [-0.2, -0.15) is 0 Å². The number of nitrogens with zero attached hydrogens (tertiary/aromatic N) is 3. The van der Waals surface area contributed by atoms with E-state index in [-0.39, 0.29) is 10.8 Å². The zero-order chi connectivity index (χ0) is 14.1. The van der Waals surface area contributed by atoms with E-state index in [9.17, 15) is 4.79 Å². The van der Waals surface area contributed by atoms with Gasteiger partial charge in [0, 0.05) is 16.5 Å². The summed E-state index contributed by atoms with van der Waals surface area (Å²) < 4.78 is 7.44. The largest absolute Gasteiger partial charge is 0.423 e. The fourth-order valence-electron chi connectivity index (χ4n) is 2.56. The molecular formula is C14H19N3O2S. The summed E-state index contributed by atoms with van der Waals surface area (Å²) in [7, 11) is 0. The summed E-state index contributed by atoms with van der Waals surface area (Å²) in [6, 6.07) is 0. The van der Waals surface area contributed by atoms with Gasteiger partial charge in [0.05, 0.1) is 0 Å². The molecule has 2 aromatic rings. The smallest absolute Gasteiger partial charge is 0.308 e. The zero-order valence-electron chi connectivity index (χ0n) is 11.9. The average molecular weight is 293 g/mol. The van der Waals surface area contributed by atoms with E-state index in [0.717, 1.165) is 19.3 Å². The van der Waals surface area contributed by atoms with Gasteiger partial charge >= 0.3 is 4.87 Å². The van der Waals surface area contributed by atoms with Gasteiger partial charge in [-0.3, -0.25) is 9.36 Å². The maximum Gasteiger partial charge on any atom is 0.308 e. The van der Waals surface area contributed by atoms with Crippen LogP contribution in [0.4, 0.5) is 0 Å². The van der Waals surface area contributed by atoms with Gasteiger partial charge in [0.25, 0.3) is 0 Å². The van der Waals surface area contributed by atoms with Crippen LogP contribution in [0.3, 0.4) is 0 Å². The molecule has 0 N–H and O–H groups in total. The number of hydrogen-bond donors (Lipinski definition) is 0. The summed E-state index contributed by atoms with van der Waals surface area (Å²) in [5.74, 6) is 1.38. The molecule has 0 unspecified atom stereocenters. The molecule has 5 nitrogen and oxygen atoms in total. The van der Waals surface area contributed by atoms with Crippen molar-refractivity contribution in [2.45, 2.75) is 58.4 Å². The highest BCUT2D eigenvalue weighted by atomic mass is 32.1. The molecule has 108 valence electrons. The Morgan fingerprint density at radius 2 is 2.05 bits per heavy atom. The second-order valence-corrected chi connectivity index (χ2v) is 6.62. The first kappa shape index (κ1) is 13.5. The minimum atomic E-state index is 0.0983. The van der Waals surface area contributed by atoms with Crippen molar-refractivity contribution < 1.29 is 4.42 Å². The van der Waals surface area contributed by atoms with Crippen molar-refractivity contribution in [2.24, 2.45) is 0 Å². The van der Waals surface area contributed by atoms with Gasteiger partial charge in [0.1, 0.15) is 6.54 Å². The number of aromatic nitrogens is 3. The normalized spacial score (nSPS) is 15.3. The fraction of sp³-hybridized carbons (Fsp3) is 0.643. The van der Waals surface area contributed by atoms with Crippen molar-refractivity contribution in [3.63, 3.8) is 0 Å². The molecule has 0 saturated heterocycles. The van der Waals surface area contributed by atoms with Gasteiger partial charge in [0.2, 0.25) is 11.8 Å². The van der Waals surface area contributed by atoms with E-state index in [1.807, 2.05) is 18.4 Å². The Kier molecular flexibility index (Phi) is 3.74. The molecule has 0 aliphatic heterocycles. The van der Waals surface area contributed by atoms with Crippen LogP contribution in [0, 0.1) is 0 Å². The number of hydrogen-bond acceptors (Lipinski definition) is 5. The number of fused-ring (bicyclic) bond motifs is 1. The molecule has 3 rings (SSSR count). The maximum atomic E-state index is 12.2. The molecule has 6 heteroatoms. The minimum Gasteiger partial charge on any atom is -0.423 e. The van der Waals surface area contributed by atoms with Crippen molar-refractivity contribution in [1.82, 2.24) is 14.8 Å². The molecule has 0 atom stereocenters. The summed E-state index contributed by atoms with van der Waals surface area (Å²) in [4.78, 5) is 13.5. The van der Waals surface area contributed by atoms with E-state index in [1.165, 1.54) is 34.7 Å². The SMILES string of the molecule is CC(C)c1nnc(Cn2c3c(sc2=O)CCCCC3)o1. The number of rotatable bonds is 3. The molecule has 20 heavy (non-hydrogen) atoms. The molecule has 0 aromatic carbocycles. The minimum absolute atomic E-state index is 0.0983. The monoisotopic (exact) mass is 293 g/mol. The molecule has 0 radical (unpaired) electrons. The van der Waals surface area contributed by atoms with Gasteiger partial charge in [-0.05, 0) is 25.7 Å². The lowest BCUT2D eigenvalue weighted by atomic mass is 10.2. The third kappa shape index (κ3) is 2.57. The predicted molar refractivity (Wildman–Crippen MR) is 77.3 cm³/mol. The first-order valence-electron chi connectivity index (χ1n) is 7.19. The average Bonchev–Trinajstić information content (AvgIpc) is 2.91. The number of thiazole rings is 1. The van der Waals surface area contributed by atoms with E-state index in [0.29, 0.717) is 18.3 Å². The molecule has 1 aliphatic rings. The second-order valence-electron chi connectivity index (χ2n) is 5.57. The van der Waals surface area contributed by atoms with Gasteiger partial charge in [-0.1, -0.05) is 31.6 Å². The lowest BCUT2D eigenvalue weighted by Crippen LogP contribution is -2.17. The highest BCUT2D eigenvalue weighted by molar-refractivity contribution is 7.09. The van der Waals surface area contributed by atoms with Crippen molar-refractivity contribution in [2.75, 3.05) is 0 Å². The molecule has 2 aromatic heterocycles. The molecule has 0 spiro atoms. The van der Waals surface area contributed by atoms with Crippen molar-refractivity contribution >= 4 is 11.3 Å². The van der Waals surface area contributed by atoms with E-state index in [2.05, 4.69) is 10.2 Å². The van der Waals surface area contributed by atoms with Crippen LogP contribution in [0.5, 0.6) is 0 Å². The Balaban J connectivity index is 1.90. The Bertz CT molecular complexity index is 654. The van der Waals surface area contributed by atoms with Gasteiger partial charge in [-0.15, -0.1) is 10.2 Å². The zero-order valence-corrected chi connectivity index (χ0v) is 12.7. The molecule has 0 bridgehead atoms. The van der Waals surface area contributed by atoms with Crippen LogP contribution in [0.15, 0.2) is 9.21 Å². The topological polar surface area (TPSA) is 60.9 Å². The maximum absolute atomic E-state index is 12.2. The van der Waals surface area contributed by atoms with E-state index >= 15 is 0 Å². The summed E-state index contributed by atoms with van der Waals surface area (Å²) in [6.07, 6.45) is 5.60. The Hall–Kier alpha value is -1.43. The van der Waals surface area contributed by atoms with Crippen molar-refractivity contribution in [3.8, 4) is 0 Å². The Morgan fingerprint density at radius 3 is 2.80 bits per heavy atom. The van der Waals surface area contributed by atoms with Crippen molar-refractivity contribution in [3.05, 3.63) is 32.0 Å². The third-order valence-electron chi connectivity index (χ3n) is 3.67. The molecule has 0 saturated carbocycles. The summed E-state index contributed by atoms with van der Waals surface area (Å²) in [5, 5.41) is 8.08. The summed E-state index contributed by atoms with van der Waals surface area (Å²) in [6.45, 7) is 4.44. The molecule has 1 aliphatic carbocycles. The van der Waals surface area contributed by atoms with Crippen LogP contribution in [0.2, 0.25) is 0 Å². The van der Waals surface area contributed by atoms with Crippen LogP contribution in [0.25, 0.3) is 0 Å². The van der Waals surface area contributed by atoms with Gasteiger partial charge < -0.3 is 4.42 Å². The Labute approximate surface area is 121 Å². The van der Waals surface area contributed by atoms with Crippen molar-refractivity contribution in [1.29, 1.82) is 0 Å². The second kappa shape index (κ2) is 5.52. The van der Waals surface area contributed by atoms with Crippen LogP contribution < -0.4 is 4.87 Å². The highest BCUT2D eigenvalue weighted by Gasteiger charge is 2.19. The number of aryl methyl sites for hydroxylation is 1.